The predicted octanol–water partition coefficient (Wildman–Crippen LogP) is 4.67. The molecule has 5 rings (SSSR count). The summed E-state index contributed by atoms with van der Waals surface area (Å²) in [5.74, 6) is -0.791. The Bertz CT molecular complexity index is 1840. The lowest BCUT2D eigenvalue weighted by atomic mass is 10.0. The highest BCUT2D eigenvalue weighted by Crippen LogP contribution is 2.26. The lowest BCUT2D eigenvalue weighted by Crippen LogP contribution is -2.24. The second-order valence-electron chi connectivity index (χ2n) is 8.87. The van der Waals surface area contributed by atoms with Gasteiger partial charge in [0.1, 0.15) is 17.9 Å². The molecule has 0 radical (unpaired) electrons. The third-order valence-electron chi connectivity index (χ3n) is 6.07. The van der Waals surface area contributed by atoms with E-state index in [-0.39, 0.29) is 39.9 Å². The first-order valence-electron chi connectivity index (χ1n) is 12.2. The van der Waals surface area contributed by atoms with Gasteiger partial charge in [0.25, 0.3) is 11.8 Å². The number of carbonyl (C=O) groups excluding carboxylic acids is 2. The predicted molar refractivity (Wildman–Crippen MR) is 153 cm³/mol. The fourth-order valence-corrected chi connectivity index (χ4v) is 4.56. The topological polar surface area (TPSA) is 143 Å². The number of amides is 2. The molecular weight excluding hydrogens is 565 g/mol. The molecule has 204 valence electrons. The normalized spacial score (nSPS) is 10.7. The van der Waals surface area contributed by atoms with Crippen LogP contribution in [-0.2, 0) is 6.54 Å². The van der Waals surface area contributed by atoms with E-state index in [0.29, 0.717) is 22.0 Å². The number of carbonyl (C=O) groups is 2. The van der Waals surface area contributed by atoms with E-state index in [1.807, 2.05) is 18.2 Å². The molecule has 11 nitrogen and oxygen atoms in total. The van der Waals surface area contributed by atoms with Crippen LogP contribution in [0.2, 0.25) is 10.0 Å². The highest BCUT2D eigenvalue weighted by atomic mass is 35.5. The fourth-order valence-electron chi connectivity index (χ4n) is 4.17. The fraction of sp³-hybridized carbons (Fsp3) is 0.107. The lowest BCUT2D eigenvalue weighted by Gasteiger charge is -2.14. The summed E-state index contributed by atoms with van der Waals surface area (Å²) in [6.45, 7) is 1.83. The Labute approximate surface area is 244 Å². The maximum Gasteiger partial charge on any atom is 0.274 e. The number of rotatable bonds is 7. The van der Waals surface area contributed by atoms with Crippen molar-refractivity contribution in [3.63, 3.8) is 0 Å². The Morgan fingerprint density at radius 2 is 1.88 bits per heavy atom. The molecule has 0 saturated heterocycles. The quantitative estimate of drug-likeness (QED) is 0.282. The molecule has 0 unspecified atom stereocenters. The maximum absolute atomic E-state index is 13.7. The van der Waals surface area contributed by atoms with Crippen molar-refractivity contribution in [1.82, 2.24) is 35.1 Å². The molecule has 0 atom stereocenters. The molecule has 2 aromatic carbocycles. The Morgan fingerprint density at radius 1 is 1.05 bits per heavy atom. The van der Waals surface area contributed by atoms with Crippen molar-refractivity contribution in [3.05, 3.63) is 105 Å². The van der Waals surface area contributed by atoms with Gasteiger partial charge >= 0.3 is 0 Å². The number of nitrogens with one attached hydrogen (secondary N) is 2. The van der Waals surface area contributed by atoms with Crippen LogP contribution in [-0.4, -0.2) is 48.6 Å². The molecule has 0 bridgehead atoms. The average Bonchev–Trinajstić information content (AvgIpc) is 3.61. The van der Waals surface area contributed by atoms with Gasteiger partial charge in [0.15, 0.2) is 5.82 Å². The summed E-state index contributed by atoms with van der Waals surface area (Å²) in [4.78, 5) is 32.0. The second-order valence-corrected chi connectivity index (χ2v) is 9.72. The van der Waals surface area contributed by atoms with E-state index in [9.17, 15) is 14.9 Å². The van der Waals surface area contributed by atoms with Crippen LogP contribution in [0, 0.1) is 18.3 Å². The first-order valence-corrected chi connectivity index (χ1v) is 13.0. The number of anilines is 1. The van der Waals surface area contributed by atoms with Crippen molar-refractivity contribution >= 4 is 40.7 Å². The van der Waals surface area contributed by atoms with E-state index < -0.39 is 11.8 Å². The van der Waals surface area contributed by atoms with Gasteiger partial charge in [0.05, 0.1) is 39.8 Å². The van der Waals surface area contributed by atoms with E-state index in [4.69, 9.17) is 23.2 Å². The summed E-state index contributed by atoms with van der Waals surface area (Å²) in [5.41, 5.74) is 3.21. The van der Waals surface area contributed by atoms with Crippen molar-refractivity contribution in [2.45, 2.75) is 13.5 Å². The van der Waals surface area contributed by atoms with Crippen LogP contribution in [0.5, 0.6) is 0 Å². The summed E-state index contributed by atoms with van der Waals surface area (Å²) >= 11 is 12.5. The van der Waals surface area contributed by atoms with Crippen LogP contribution in [0.15, 0.2) is 67.0 Å². The summed E-state index contributed by atoms with van der Waals surface area (Å²) < 4.78 is 1.33. The van der Waals surface area contributed by atoms with Crippen molar-refractivity contribution < 1.29 is 9.59 Å². The van der Waals surface area contributed by atoms with Gasteiger partial charge in [-0.2, -0.15) is 25.4 Å². The van der Waals surface area contributed by atoms with Gasteiger partial charge in [-0.25, -0.2) is 9.67 Å². The molecule has 5 aromatic rings. The van der Waals surface area contributed by atoms with Gasteiger partial charge < -0.3 is 10.6 Å². The molecule has 2 amide bonds. The Kier molecular flexibility index (Phi) is 7.78. The second kappa shape index (κ2) is 11.6. The van der Waals surface area contributed by atoms with Crippen LogP contribution < -0.4 is 10.6 Å². The minimum absolute atomic E-state index is 0.106. The number of nitriles is 1. The molecule has 0 aliphatic rings. The Hall–Kier alpha value is -5.05. The zero-order valence-corrected chi connectivity index (χ0v) is 23.3. The van der Waals surface area contributed by atoms with Crippen molar-refractivity contribution in [1.29, 1.82) is 5.26 Å². The molecule has 0 fully saturated rings. The third kappa shape index (κ3) is 5.79. The minimum Gasteiger partial charge on any atom is -0.355 e. The first-order chi connectivity index (χ1) is 19.8. The van der Waals surface area contributed by atoms with Crippen molar-refractivity contribution in [2.75, 3.05) is 12.4 Å². The summed E-state index contributed by atoms with van der Waals surface area (Å²) in [6.07, 6.45) is 3.14. The van der Waals surface area contributed by atoms with Gasteiger partial charge in [-0.05, 0) is 55.0 Å². The smallest absolute Gasteiger partial charge is 0.274 e. The molecule has 0 aliphatic carbocycles. The molecule has 13 heteroatoms. The zero-order valence-electron chi connectivity index (χ0n) is 21.8. The van der Waals surface area contributed by atoms with E-state index in [2.05, 4.69) is 30.9 Å². The molecule has 0 saturated carbocycles. The Morgan fingerprint density at radius 3 is 2.61 bits per heavy atom. The number of hydrogen-bond acceptors (Lipinski definition) is 7. The molecule has 0 spiro atoms. The molecule has 2 N–H and O–H groups in total. The molecule has 0 aliphatic heterocycles. The summed E-state index contributed by atoms with van der Waals surface area (Å²) in [6, 6.07) is 17.2. The number of pyridine rings is 1. The highest BCUT2D eigenvalue weighted by Gasteiger charge is 2.23. The van der Waals surface area contributed by atoms with Crippen LogP contribution in [0.1, 0.15) is 37.7 Å². The number of aromatic nitrogens is 6. The molecule has 3 aromatic heterocycles. The average molecular weight is 586 g/mol. The summed E-state index contributed by atoms with van der Waals surface area (Å²) in [7, 11) is 1.47. The first kappa shape index (κ1) is 27.5. The number of aryl methyl sites for hydroxylation is 1. The van der Waals surface area contributed by atoms with E-state index in [1.165, 1.54) is 28.8 Å². The van der Waals surface area contributed by atoms with Gasteiger partial charge in [-0.3, -0.25) is 9.59 Å². The van der Waals surface area contributed by atoms with Gasteiger partial charge in [-0.15, -0.1) is 0 Å². The monoisotopic (exact) mass is 585 g/mol. The standard InChI is InChI=1S/C28H21Cl2N9O2/c1-16-9-17(13-31)10-21(27(40)32-2)25(16)35-28(41)24-12-20(36-39(24)26-22(30)7-4-8-33-26)15-38-34-14-23(37-38)18-5-3-6-19(29)11-18/h3-12,14H,15H2,1-2H3,(H,32,40)(H,35,41). The zero-order chi connectivity index (χ0) is 29.1. The van der Waals surface area contributed by atoms with Crippen LogP contribution in [0.3, 0.4) is 0 Å². The highest BCUT2D eigenvalue weighted by molar-refractivity contribution is 6.32. The maximum atomic E-state index is 13.7. The number of benzene rings is 2. The van der Waals surface area contributed by atoms with E-state index in [1.54, 1.807) is 49.5 Å². The number of halogens is 2. The number of hydrogen-bond donors (Lipinski definition) is 2. The minimum atomic E-state index is -0.573. The van der Waals surface area contributed by atoms with Crippen LogP contribution in [0.4, 0.5) is 5.69 Å². The lowest BCUT2D eigenvalue weighted by molar-refractivity contribution is 0.0964. The Balaban J connectivity index is 1.52. The largest absolute Gasteiger partial charge is 0.355 e. The third-order valence-corrected chi connectivity index (χ3v) is 6.60. The van der Waals surface area contributed by atoms with E-state index >= 15 is 0 Å². The van der Waals surface area contributed by atoms with Gasteiger partial charge in [-0.1, -0.05) is 35.3 Å². The molecular formula is C28H21Cl2N9O2. The van der Waals surface area contributed by atoms with Gasteiger partial charge in [0.2, 0.25) is 0 Å². The van der Waals surface area contributed by atoms with E-state index in [0.717, 1.165) is 5.56 Å². The summed E-state index contributed by atoms with van der Waals surface area (Å²) in [5, 5.41) is 29.0. The van der Waals surface area contributed by atoms with Crippen molar-refractivity contribution in [2.24, 2.45) is 0 Å². The van der Waals surface area contributed by atoms with Crippen LogP contribution >= 0.6 is 23.2 Å². The molecule has 41 heavy (non-hydrogen) atoms. The van der Waals surface area contributed by atoms with Gasteiger partial charge in [0, 0.05) is 23.8 Å². The molecule has 3 heterocycles. The van der Waals surface area contributed by atoms with Crippen LogP contribution in [0.25, 0.3) is 17.1 Å². The van der Waals surface area contributed by atoms with Crippen molar-refractivity contribution in [3.8, 4) is 23.1 Å². The SMILES string of the molecule is CNC(=O)c1cc(C#N)cc(C)c1NC(=O)c1cc(Cn2ncc(-c3cccc(Cl)c3)n2)nn1-c1ncccc1Cl. The number of nitrogens with zero attached hydrogens (tertiary/aromatic N) is 7.